The molecule has 2 heterocycles. The van der Waals surface area contributed by atoms with Crippen LogP contribution in [-0.4, -0.2) is 100 Å². The summed E-state index contributed by atoms with van der Waals surface area (Å²) in [6.45, 7) is 16.7. The second kappa shape index (κ2) is 28.9. The van der Waals surface area contributed by atoms with E-state index in [1.165, 1.54) is 26.1 Å². The van der Waals surface area contributed by atoms with E-state index in [0.717, 1.165) is 69.4 Å². The number of aromatic hydroxyl groups is 1. The van der Waals surface area contributed by atoms with Crippen molar-refractivity contribution in [2.45, 2.75) is 139 Å². The topological polar surface area (TPSA) is 292 Å². The highest BCUT2D eigenvalue weighted by Gasteiger charge is 2.45. The van der Waals surface area contributed by atoms with Crippen molar-refractivity contribution in [2.75, 3.05) is 25.0 Å². The third-order valence-electron chi connectivity index (χ3n) is 13.7. The highest BCUT2D eigenvalue weighted by Crippen LogP contribution is 2.49. The van der Waals surface area contributed by atoms with Gasteiger partial charge in [0.25, 0.3) is 0 Å². The van der Waals surface area contributed by atoms with Gasteiger partial charge in [0.1, 0.15) is 36.5 Å². The van der Waals surface area contributed by atoms with Crippen molar-refractivity contribution in [3.8, 4) is 5.75 Å². The van der Waals surface area contributed by atoms with Crippen LogP contribution in [0.3, 0.4) is 0 Å². The standard InChI is InChI=1S/C55H71N7O14S2/c1-10-61-43-26-24-37(77-75-73-71)30-39(43)54(5,6)45(61)17-13-11-14-18-46-55(7,8)40-31-38(78-76-74-72)25-27-44(40)62(46)28-16-12-15-19-47(64)58-41(29-35-20-22-36(63)23-21-35)52(69)60-49(33(2)3)53(70)57-34(4)50(67)59-42(32-48(65)66)51(68)56-9/h11,13-14,17-18,20-27,30-31,33-34,41-42,49H,10,12,15-16,19,28-29,32H2,1-9H3,(H8-,56,57,58,59,60,63,64,65,66,67,68,69,70,71,72)/p-1/t34-,41-,42-,49-/m0/s1. The van der Waals surface area contributed by atoms with Crippen molar-refractivity contribution in [3.63, 3.8) is 0 Å². The quantitative estimate of drug-likeness (QED) is 0.0124. The van der Waals surface area contributed by atoms with Gasteiger partial charge >= 0.3 is 5.97 Å². The summed E-state index contributed by atoms with van der Waals surface area (Å²) in [4.78, 5) is 81.4. The number of hydrogen-bond donors (Lipinski definition) is 7. The van der Waals surface area contributed by atoms with Gasteiger partial charge in [0.15, 0.2) is 5.71 Å². The number of anilines is 1. The molecule has 0 fully saturated rings. The maximum absolute atomic E-state index is 14.0. The Balaban J connectivity index is 1.27. The highest BCUT2D eigenvalue weighted by atomic mass is 32.2. The van der Waals surface area contributed by atoms with Crippen LogP contribution >= 0.6 is 24.1 Å². The second-order valence-corrected chi connectivity index (χ2v) is 21.7. The zero-order valence-corrected chi connectivity index (χ0v) is 46.8. The lowest BCUT2D eigenvalue weighted by Crippen LogP contribution is -2.59. The van der Waals surface area contributed by atoms with Crippen molar-refractivity contribution < 1.29 is 72.8 Å². The number of fused-ring (bicyclic) bond motifs is 2. The van der Waals surface area contributed by atoms with Crippen molar-refractivity contribution in [1.29, 1.82) is 0 Å². The number of allylic oxidation sites excluding steroid dienone is 6. The van der Waals surface area contributed by atoms with Gasteiger partial charge < -0.3 is 52.2 Å². The molecule has 0 radical (unpaired) electrons. The Morgan fingerprint density at radius 2 is 1.40 bits per heavy atom. The Hall–Kier alpha value is -6.57. The minimum atomic E-state index is -1.39. The van der Waals surface area contributed by atoms with Crippen molar-refractivity contribution in [2.24, 2.45) is 5.92 Å². The Morgan fingerprint density at radius 1 is 0.744 bits per heavy atom. The first-order valence-corrected chi connectivity index (χ1v) is 27.0. The molecule has 0 saturated carbocycles. The van der Waals surface area contributed by atoms with E-state index in [0.29, 0.717) is 36.3 Å². The van der Waals surface area contributed by atoms with Crippen LogP contribution < -0.4 is 42.0 Å². The fraction of sp³-hybridized carbons (Fsp3) is 0.436. The molecule has 0 saturated heterocycles. The maximum Gasteiger partial charge on any atom is 0.305 e. The fourth-order valence-corrected chi connectivity index (χ4v) is 10.3. The number of likely N-dealkylation sites (N-methyl/N-ethyl adjacent to an activating group) is 2. The van der Waals surface area contributed by atoms with Crippen LogP contribution in [0.5, 0.6) is 5.75 Å². The van der Waals surface area contributed by atoms with Crippen LogP contribution in [-0.2, 0) is 64.8 Å². The Kier molecular flexibility index (Phi) is 23.1. The lowest BCUT2D eigenvalue weighted by molar-refractivity contribution is -0.777. The summed E-state index contributed by atoms with van der Waals surface area (Å²) >= 11 is 1.67. The van der Waals surface area contributed by atoms with Crippen molar-refractivity contribution in [1.82, 2.24) is 26.6 Å². The number of rotatable bonds is 29. The van der Waals surface area contributed by atoms with E-state index in [2.05, 4.69) is 102 Å². The number of carboxylic acid groups (broad SMARTS) is 1. The smallest absolute Gasteiger partial charge is 0.305 e. The zero-order chi connectivity index (χ0) is 57.3. The molecule has 23 heteroatoms. The predicted molar refractivity (Wildman–Crippen MR) is 289 cm³/mol. The summed E-state index contributed by atoms with van der Waals surface area (Å²) in [5.74, 6) is -5.15. The van der Waals surface area contributed by atoms with E-state index >= 15 is 0 Å². The van der Waals surface area contributed by atoms with Gasteiger partial charge in [-0.3, -0.25) is 38.8 Å². The molecule has 0 spiro atoms. The molecule has 4 atom stereocenters. The number of phenols is 1. The summed E-state index contributed by atoms with van der Waals surface area (Å²) in [7, 11) is 1.29. The number of amides is 5. The number of carboxylic acids is 1. The largest absolute Gasteiger partial charge is 0.691 e. The number of carbonyl (C=O) groups excluding carboxylic acids is 5. The van der Waals surface area contributed by atoms with Crippen LogP contribution in [0, 0.1) is 5.92 Å². The van der Waals surface area contributed by atoms with Crippen molar-refractivity contribution in [3.05, 3.63) is 113 Å². The summed E-state index contributed by atoms with van der Waals surface area (Å²) in [5, 5.41) is 60.2. The molecule has 3 aromatic carbocycles. The fourth-order valence-electron chi connectivity index (χ4n) is 9.55. The summed E-state index contributed by atoms with van der Waals surface area (Å²) < 4.78 is 11.5. The summed E-state index contributed by atoms with van der Waals surface area (Å²) in [6, 6.07) is 12.9. The molecule has 3 aromatic rings. The molecule has 5 rings (SSSR count). The third-order valence-corrected chi connectivity index (χ3v) is 14.8. The molecule has 78 heavy (non-hydrogen) atoms. The molecule has 0 bridgehead atoms. The first-order chi connectivity index (χ1) is 37.1. The number of aliphatic carboxylic acids is 1. The molecule has 5 amide bonds. The molecule has 2 aliphatic rings. The number of hydrogen-bond acceptors (Lipinski definition) is 16. The first-order valence-electron chi connectivity index (χ1n) is 25.5. The highest BCUT2D eigenvalue weighted by molar-refractivity contribution is 7.94. The van der Waals surface area contributed by atoms with E-state index in [1.807, 2.05) is 54.6 Å². The molecular weight excluding hydrogens is 1050 g/mol. The predicted octanol–water partition coefficient (Wildman–Crippen LogP) is 4.68. The average molecular weight is 1120 g/mol. The average Bonchev–Trinajstić information content (AvgIpc) is 3.87. The van der Waals surface area contributed by atoms with Gasteiger partial charge in [0.05, 0.1) is 35.9 Å². The molecule has 21 nitrogen and oxygen atoms in total. The van der Waals surface area contributed by atoms with Crippen LogP contribution in [0.1, 0.15) is 104 Å². The Morgan fingerprint density at radius 3 is 2.01 bits per heavy atom. The zero-order valence-electron chi connectivity index (χ0n) is 45.2. The van der Waals surface area contributed by atoms with Gasteiger partial charge in [-0.15, -0.1) is 0 Å². The monoisotopic (exact) mass is 1120 g/mol. The van der Waals surface area contributed by atoms with E-state index in [4.69, 9.17) is 0 Å². The molecule has 2 aliphatic heterocycles. The molecule has 0 aliphatic carbocycles. The van der Waals surface area contributed by atoms with Crippen LogP contribution in [0.4, 0.5) is 11.4 Å². The minimum absolute atomic E-state index is 0.0104. The van der Waals surface area contributed by atoms with Crippen LogP contribution in [0.25, 0.3) is 0 Å². The lowest BCUT2D eigenvalue weighted by atomic mass is 9.81. The Bertz CT molecular complexity index is 2760. The second-order valence-electron chi connectivity index (χ2n) is 20.2. The first kappa shape index (κ1) is 62.3. The van der Waals surface area contributed by atoms with Gasteiger partial charge in [-0.1, -0.05) is 58.1 Å². The number of phenolic OH excluding ortho intramolecular Hbond substituents is 1. The molecule has 422 valence electrons. The summed E-state index contributed by atoms with van der Waals surface area (Å²) in [6.07, 6.45) is 11.4. The van der Waals surface area contributed by atoms with Crippen molar-refractivity contribution >= 4 is 76.7 Å². The van der Waals surface area contributed by atoms with E-state index in [-0.39, 0.29) is 24.0 Å². The Labute approximate surface area is 463 Å². The number of benzene rings is 3. The van der Waals surface area contributed by atoms with Gasteiger partial charge in [-0.25, -0.2) is 0 Å². The molecule has 7 N–H and O–H groups in total. The summed E-state index contributed by atoms with van der Waals surface area (Å²) in [5.41, 5.74) is 6.06. The maximum atomic E-state index is 14.0. The lowest BCUT2D eigenvalue weighted by Gasteiger charge is -2.27. The molecule has 0 aromatic heterocycles. The van der Waals surface area contributed by atoms with Gasteiger partial charge in [-0.2, -0.15) is 13.2 Å². The third kappa shape index (κ3) is 16.3. The van der Waals surface area contributed by atoms with Crippen LogP contribution in [0.2, 0.25) is 0 Å². The molecular formula is C55H70N7O14S2-. The van der Waals surface area contributed by atoms with Crippen LogP contribution in [0.15, 0.2) is 107 Å². The SMILES string of the molecule is CCN1/C(=C/C=C/C=C/C2=[N+](CCCCCC(=O)N[C@@H](Cc3ccc(O)cc3)C(=O)N[C@H](C(=O)N[C@@H](C)C(=O)N[C@@H](CC(=O)O)C(=O)NC)C(C)C)c3ccc(SOO[O-])cc3C2(C)C)C(C)(C)c2cc(SOO[O-])ccc21. The number of carbonyl (C=O) groups is 6. The van der Waals surface area contributed by atoms with Gasteiger partial charge in [0, 0.05) is 77.2 Å². The number of nitrogens with one attached hydrogen (secondary N) is 5. The molecule has 0 unspecified atom stereocenters. The van der Waals surface area contributed by atoms with E-state index < -0.39 is 77.4 Å². The van der Waals surface area contributed by atoms with E-state index in [9.17, 15) is 49.5 Å². The van der Waals surface area contributed by atoms with Gasteiger partial charge in [-0.05, 0) is 106 Å². The normalized spacial score (nSPS) is 16.5. The number of nitrogens with zero attached hydrogens (tertiary/aromatic N) is 2. The minimum Gasteiger partial charge on any atom is -0.691 e. The number of unbranched alkanes of at least 4 members (excludes halogenated alkanes) is 2. The van der Waals surface area contributed by atoms with Gasteiger partial charge in [0.2, 0.25) is 35.2 Å². The van der Waals surface area contributed by atoms with E-state index in [1.54, 1.807) is 26.0 Å².